The van der Waals surface area contributed by atoms with Gasteiger partial charge in [0, 0.05) is 37.1 Å². The normalized spacial score (nSPS) is 10.6. The number of carboxylic acid groups (broad SMARTS) is 1. The van der Waals surface area contributed by atoms with Gasteiger partial charge in [0.2, 0.25) is 5.88 Å². The molecule has 0 atom stereocenters. The molecule has 3 aromatic rings. The van der Waals surface area contributed by atoms with Crippen molar-refractivity contribution in [3.63, 3.8) is 0 Å². The summed E-state index contributed by atoms with van der Waals surface area (Å²) in [5.74, 6) is -3.47. The van der Waals surface area contributed by atoms with E-state index in [9.17, 15) is 18.4 Å². The van der Waals surface area contributed by atoms with E-state index in [0.717, 1.165) is 12.1 Å². The predicted molar refractivity (Wildman–Crippen MR) is 107 cm³/mol. The summed E-state index contributed by atoms with van der Waals surface area (Å²) in [5, 5.41) is 9.18. The van der Waals surface area contributed by atoms with Crippen LogP contribution in [0.3, 0.4) is 0 Å². The van der Waals surface area contributed by atoms with Crippen molar-refractivity contribution < 1.29 is 28.2 Å². The van der Waals surface area contributed by atoms with Crippen LogP contribution in [0.2, 0.25) is 5.02 Å². The van der Waals surface area contributed by atoms with Crippen LogP contribution in [0, 0.1) is 11.6 Å². The van der Waals surface area contributed by atoms with Gasteiger partial charge in [0.1, 0.15) is 22.4 Å². The lowest BCUT2D eigenvalue weighted by Gasteiger charge is -2.24. The lowest BCUT2D eigenvalue weighted by molar-refractivity contribution is 0.0687. The molecule has 1 amide bonds. The van der Waals surface area contributed by atoms with Crippen LogP contribution < -0.4 is 4.74 Å². The van der Waals surface area contributed by atoms with Crippen molar-refractivity contribution in [3.05, 3.63) is 87.8 Å². The third-order valence-electron chi connectivity index (χ3n) is 4.31. The summed E-state index contributed by atoms with van der Waals surface area (Å²) in [5.41, 5.74) is 0.654. The SMILES string of the molecule is COc1nccc(CN(Cc2ccc(C(=O)O)nc2)C(=O)c2cc(F)cc(F)c2)c1Cl. The van der Waals surface area contributed by atoms with Crippen molar-refractivity contribution in [2.24, 2.45) is 0 Å². The van der Waals surface area contributed by atoms with E-state index in [1.54, 1.807) is 6.07 Å². The van der Waals surface area contributed by atoms with Gasteiger partial charge in [-0.2, -0.15) is 0 Å². The highest BCUT2D eigenvalue weighted by Crippen LogP contribution is 2.27. The van der Waals surface area contributed by atoms with Crippen LogP contribution in [0.5, 0.6) is 5.88 Å². The van der Waals surface area contributed by atoms with Gasteiger partial charge in [0.15, 0.2) is 0 Å². The average molecular weight is 448 g/mol. The third kappa shape index (κ3) is 5.32. The number of pyridine rings is 2. The summed E-state index contributed by atoms with van der Waals surface area (Å²) < 4.78 is 32.4. The van der Waals surface area contributed by atoms with Gasteiger partial charge in [0.05, 0.1) is 7.11 Å². The summed E-state index contributed by atoms with van der Waals surface area (Å²) in [4.78, 5) is 33.2. The zero-order chi connectivity index (χ0) is 22.5. The maximum atomic E-state index is 13.7. The number of hydrogen-bond donors (Lipinski definition) is 1. The molecule has 0 aliphatic rings. The van der Waals surface area contributed by atoms with Crippen LogP contribution in [-0.4, -0.2) is 39.0 Å². The van der Waals surface area contributed by atoms with Gasteiger partial charge < -0.3 is 14.7 Å². The minimum absolute atomic E-state index is 0.0230. The van der Waals surface area contributed by atoms with Crippen LogP contribution in [0.15, 0.2) is 48.8 Å². The molecule has 2 aromatic heterocycles. The first-order valence-electron chi connectivity index (χ1n) is 8.89. The molecule has 7 nitrogen and oxygen atoms in total. The average Bonchev–Trinajstić information content (AvgIpc) is 2.73. The Morgan fingerprint density at radius 2 is 1.81 bits per heavy atom. The van der Waals surface area contributed by atoms with Crippen molar-refractivity contribution in [1.82, 2.24) is 14.9 Å². The largest absolute Gasteiger partial charge is 0.480 e. The lowest BCUT2D eigenvalue weighted by Crippen LogP contribution is -2.30. The maximum absolute atomic E-state index is 13.7. The van der Waals surface area contributed by atoms with Crippen LogP contribution in [0.1, 0.15) is 32.0 Å². The van der Waals surface area contributed by atoms with Crippen molar-refractivity contribution in [1.29, 1.82) is 0 Å². The molecule has 31 heavy (non-hydrogen) atoms. The van der Waals surface area contributed by atoms with Crippen molar-refractivity contribution in [3.8, 4) is 5.88 Å². The molecule has 2 heterocycles. The van der Waals surface area contributed by atoms with Crippen LogP contribution in [0.25, 0.3) is 0 Å². The molecule has 3 rings (SSSR count). The van der Waals surface area contributed by atoms with E-state index < -0.39 is 23.5 Å². The fraction of sp³-hybridized carbons (Fsp3) is 0.143. The highest BCUT2D eigenvalue weighted by atomic mass is 35.5. The standard InChI is InChI=1S/C21H16ClF2N3O4/c1-31-19-18(22)13(4-5-25-19)11-27(10-12-2-3-17(21(29)30)26-9-12)20(28)14-6-15(23)8-16(24)7-14/h2-9H,10-11H2,1H3,(H,29,30). The number of aromatic nitrogens is 2. The number of nitrogens with zero attached hydrogens (tertiary/aromatic N) is 3. The zero-order valence-electron chi connectivity index (χ0n) is 16.2. The second-order valence-corrected chi connectivity index (χ2v) is 6.85. The Morgan fingerprint density at radius 3 is 2.39 bits per heavy atom. The quantitative estimate of drug-likeness (QED) is 0.589. The van der Waals surface area contributed by atoms with Gasteiger partial charge in [-0.05, 0) is 35.4 Å². The van der Waals surface area contributed by atoms with E-state index >= 15 is 0 Å². The van der Waals surface area contributed by atoms with Crippen molar-refractivity contribution >= 4 is 23.5 Å². The minimum atomic E-state index is -1.19. The predicted octanol–water partition coefficient (Wildman–Crippen LogP) is 3.96. The Morgan fingerprint density at radius 1 is 1.10 bits per heavy atom. The van der Waals surface area contributed by atoms with Crippen molar-refractivity contribution in [2.45, 2.75) is 13.1 Å². The molecule has 0 spiro atoms. The van der Waals surface area contributed by atoms with Gasteiger partial charge in [-0.3, -0.25) is 4.79 Å². The summed E-state index contributed by atoms with van der Waals surface area (Å²) in [6.07, 6.45) is 2.76. The van der Waals surface area contributed by atoms with Crippen LogP contribution in [-0.2, 0) is 13.1 Å². The molecule has 1 aromatic carbocycles. The molecule has 0 aliphatic heterocycles. The Balaban J connectivity index is 1.96. The number of halogens is 3. The monoisotopic (exact) mass is 447 g/mol. The Kier molecular flexibility index (Phi) is 6.76. The molecule has 0 unspecified atom stereocenters. The number of rotatable bonds is 7. The second kappa shape index (κ2) is 9.48. The molecule has 0 radical (unpaired) electrons. The number of carbonyl (C=O) groups excluding carboxylic acids is 1. The van der Waals surface area contributed by atoms with Gasteiger partial charge in [0.25, 0.3) is 5.91 Å². The first-order valence-corrected chi connectivity index (χ1v) is 9.27. The van der Waals surface area contributed by atoms with Gasteiger partial charge in [-0.25, -0.2) is 23.5 Å². The number of amides is 1. The van der Waals surface area contributed by atoms with E-state index in [4.69, 9.17) is 21.4 Å². The fourth-order valence-electron chi connectivity index (χ4n) is 2.86. The summed E-state index contributed by atoms with van der Waals surface area (Å²) >= 11 is 6.29. The highest BCUT2D eigenvalue weighted by molar-refractivity contribution is 6.32. The molecular weight excluding hydrogens is 432 g/mol. The molecule has 1 N–H and O–H groups in total. The molecule has 0 saturated carbocycles. The smallest absolute Gasteiger partial charge is 0.354 e. The lowest BCUT2D eigenvalue weighted by atomic mass is 10.1. The number of carboxylic acids is 1. The summed E-state index contributed by atoms with van der Waals surface area (Å²) in [6.45, 7) is -0.0554. The van der Waals surface area contributed by atoms with E-state index in [1.807, 2.05) is 0 Å². The maximum Gasteiger partial charge on any atom is 0.354 e. The number of hydrogen-bond acceptors (Lipinski definition) is 5. The van der Waals surface area contributed by atoms with Crippen LogP contribution in [0.4, 0.5) is 8.78 Å². The third-order valence-corrected chi connectivity index (χ3v) is 4.71. The summed E-state index contributed by atoms with van der Waals surface area (Å²) in [6, 6.07) is 6.91. The molecule has 0 fully saturated rings. The Hall–Kier alpha value is -3.59. The van der Waals surface area contributed by atoms with Gasteiger partial charge in [-0.15, -0.1) is 0 Å². The molecule has 160 valence electrons. The first kappa shape index (κ1) is 22.1. The van der Waals surface area contributed by atoms with Crippen LogP contribution >= 0.6 is 11.6 Å². The zero-order valence-corrected chi connectivity index (χ0v) is 16.9. The number of carbonyl (C=O) groups is 2. The molecule has 0 aliphatic carbocycles. The number of ether oxygens (including phenoxy) is 1. The van der Waals surface area contributed by atoms with E-state index in [1.165, 1.54) is 36.5 Å². The van der Waals surface area contributed by atoms with E-state index in [2.05, 4.69) is 9.97 Å². The van der Waals surface area contributed by atoms with Crippen molar-refractivity contribution in [2.75, 3.05) is 7.11 Å². The fourth-order valence-corrected chi connectivity index (χ4v) is 3.11. The Bertz CT molecular complexity index is 1110. The molecule has 0 bridgehead atoms. The number of benzene rings is 1. The summed E-state index contributed by atoms with van der Waals surface area (Å²) in [7, 11) is 1.39. The molecular formula is C21H16ClF2N3O4. The van der Waals surface area contributed by atoms with Gasteiger partial charge in [-0.1, -0.05) is 17.7 Å². The Labute approximate surface area is 180 Å². The van der Waals surface area contributed by atoms with E-state index in [0.29, 0.717) is 17.2 Å². The second-order valence-electron chi connectivity index (χ2n) is 6.47. The highest BCUT2D eigenvalue weighted by Gasteiger charge is 2.21. The van der Waals surface area contributed by atoms with E-state index in [-0.39, 0.29) is 35.2 Å². The van der Waals surface area contributed by atoms with Gasteiger partial charge >= 0.3 is 5.97 Å². The molecule has 10 heteroatoms. The topological polar surface area (TPSA) is 92.6 Å². The first-order chi connectivity index (χ1) is 14.8. The minimum Gasteiger partial charge on any atom is -0.480 e. The number of methoxy groups -OCH3 is 1. The molecule has 0 saturated heterocycles. The number of aromatic carboxylic acids is 1.